The predicted molar refractivity (Wildman–Crippen MR) is 68.6 cm³/mol. The lowest BCUT2D eigenvalue weighted by Crippen LogP contribution is -2.18. The molecule has 0 bridgehead atoms. The number of anilines is 1. The van der Waals surface area contributed by atoms with Crippen LogP contribution in [0.4, 0.5) is 5.69 Å². The lowest BCUT2D eigenvalue weighted by atomic mass is 9.93. The van der Waals surface area contributed by atoms with E-state index in [1.807, 2.05) is 25.3 Å². The fourth-order valence-electron chi connectivity index (χ4n) is 1.26. The predicted octanol–water partition coefficient (Wildman–Crippen LogP) is 2.34. The van der Waals surface area contributed by atoms with Gasteiger partial charge in [-0.1, -0.05) is 40.1 Å². The molecule has 0 fully saturated rings. The molecule has 0 aliphatic heterocycles. The average Bonchev–Trinajstić information content (AvgIpc) is 2.20. The van der Waals surface area contributed by atoms with Gasteiger partial charge in [0.05, 0.1) is 0 Å². The van der Waals surface area contributed by atoms with Gasteiger partial charge < -0.3 is 4.90 Å². The maximum absolute atomic E-state index is 5.79. The van der Waals surface area contributed by atoms with E-state index in [-0.39, 0.29) is 0 Å². The quantitative estimate of drug-likeness (QED) is 0.744. The molecule has 2 radical (unpaired) electrons. The van der Waals surface area contributed by atoms with Crippen molar-refractivity contribution in [1.82, 2.24) is 0 Å². The Balaban J connectivity index is 3.26. The highest BCUT2D eigenvalue weighted by Crippen LogP contribution is 2.23. The molecule has 0 unspecified atom stereocenters. The number of rotatable bonds is 3. The van der Waals surface area contributed by atoms with Crippen LogP contribution in [0.25, 0.3) is 6.08 Å². The number of halogens is 1. The Kier molecular flexibility index (Phi) is 3.82. The molecule has 0 spiro atoms. The molecule has 0 amide bonds. The number of benzene rings is 1. The monoisotopic (exact) mass is 249 g/mol. The van der Waals surface area contributed by atoms with E-state index < -0.39 is 0 Å². The summed E-state index contributed by atoms with van der Waals surface area (Å²) < 4.78 is 0.929. The molecule has 14 heavy (non-hydrogen) atoms. The van der Waals surface area contributed by atoms with E-state index in [0.29, 0.717) is 0 Å². The minimum atomic E-state index is 0.744. The van der Waals surface area contributed by atoms with E-state index in [2.05, 4.69) is 34.3 Å². The Hall–Kier alpha value is -0.695. The van der Waals surface area contributed by atoms with Gasteiger partial charge in [-0.3, -0.25) is 0 Å². The molecular weight excluding hydrogens is 237 g/mol. The molecule has 0 heterocycles. The van der Waals surface area contributed by atoms with Crippen molar-refractivity contribution in [2.24, 2.45) is 0 Å². The third-order valence-electron chi connectivity index (χ3n) is 2.25. The molecule has 0 saturated carbocycles. The third-order valence-corrected chi connectivity index (χ3v) is 2.94. The second-order valence-electron chi connectivity index (χ2n) is 3.15. The first kappa shape index (κ1) is 11.4. The zero-order valence-corrected chi connectivity index (χ0v) is 10.1. The third kappa shape index (κ3) is 2.21. The zero-order chi connectivity index (χ0) is 10.7. The van der Waals surface area contributed by atoms with Crippen LogP contribution in [-0.4, -0.2) is 21.4 Å². The molecule has 1 aromatic carbocycles. The lowest BCUT2D eigenvalue weighted by molar-refractivity contribution is 0.966. The van der Waals surface area contributed by atoms with E-state index >= 15 is 0 Å². The van der Waals surface area contributed by atoms with Gasteiger partial charge in [-0.2, -0.15) is 0 Å². The zero-order valence-electron chi connectivity index (χ0n) is 8.55. The van der Waals surface area contributed by atoms with Crippen LogP contribution in [0.15, 0.2) is 23.2 Å². The van der Waals surface area contributed by atoms with Gasteiger partial charge in [-0.15, -0.1) is 0 Å². The first-order chi connectivity index (χ1) is 6.60. The largest absolute Gasteiger partial charge is 0.374 e. The standard InChI is InChI=1S/C11H13BBrN/c1-4-8-6-9(12)10(13)7-11(8)14(3)5-2/h4,6-7H,1,5H2,2-3H3. The highest BCUT2D eigenvalue weighted by molar-refractivity contribution is 9.10. The summed E-state index contributed by atoms with van der Waals surface area (Å²) >= 11 is 3.42. The van der Waals surface area contributed by atoms with Crippen molar-refractivity contribution in [1.29, 1.82) is 0 Å². The SMILES string of the molecule is [B]c1cc(C=C)c(N(C)CC)cc1Br. The van der Waals surface area contributed by atoms with Crippen molar-refractivity contribution in [3.05, 3.63) is 28.7 Å². The van der Waals surface area contributed by atoms with Crippen molar-refractivity contribution in [2.75, 3.05) is 18.5 Å². The Morgan fingerprint density at radius 2 is 2.21 bits per heavy atom. The number of nitrogens with zero attached hydrogens (tertiary/aromatic N) is 1. The first-order valence-corrected chi connectivity index (χ1v) is 5.32. The van der Waals surface area contributed by atoms with Crippen LogP contribution in [-0.2, 0) is 0 Å². The maximum Gasteiger partial charge on any atom is 0.115 e. The average molecular weight is 250 g/mol. The summed E-state index contributed by atoms with van der Waals surface area (Å²) in [7, 11) is 7.84. The Labute approximate surface area is 95.3 Å². The summed E-state index contributed by atoms with van der Waals surface area (Å²) in [6.45, 7) is 6.85. The van der Waals surface area contributed by atoms with Crippen LogP contribution in [0.2, 0.25) is 0 Å². The van der Waals surface area contributed by atoms with E-state index in [4.69, 9.17) is 7.85 Å². The van der Waals surface area contributed by atoms with Crippen LogP contribution < -0.4 is 10.4 Å². The van der Waals surface area contributed by atoms with Gasteiger partial charge in [0, 0.05) is 23.8 Å². The van der Waals surface area contributed by atoms with Crippen molar-refractivity contribution >= 4 is 41.0 Å². The van der Waals surface area contributed by atoms with Crippen LogP contribution >= 0.6 is 15.9 Å². The van der Waals surface area contributed by atoms with Crippen molar-refractivity contribution in [2.45, 2.75) is 6.92 Å². The molecule has 1 nitrogen and oxygen atoms in total. The molecule has 0 aromatic heterocycles. The Morgan fingerprint density at radius 1 is 1.57 bits per heavy atom. The van der Waals surface area contributed by atoms with Gasteiger partial charge in [-0.25, -0.2) is 0 Å². The fourth-order valence-corrected chi connectivity index (χ4v) is 1.59. The minimum absolute atomic E-state index is 0.744. The van der Waals surface area contributed by atoms with Gasteiger partial charge in [0.25, 0.3) is 0 Å². The molecule has 0 atom stereocenters. The summed E-state index contributed by atoms with van der Waals surface area (Å²) in [5.74, 6) is 0. The van der Waals surface area contributed by atoms with Gasteiger partial charge in [0.1, 0.15) is 7.85 Å². The Bertz CT molecular complexity index is 349. The van der Waals surface area contributed by atoms with Crippen molar-refractivity contribution < 1.29 is 0 Å². The molecule has 0 aliphatic rings. The van der Waals surface area contributed by atoms with Crippen LogP contribution in [0.3, 0.4) is 0 Å². The summed E-state index contributed by atoms with van der Waals surface area (Å²) in [5.41, 5.74) is 2.95. The van der Waals surface area contributed by atoms with Gasteiger partial charge in [0.2, 0.25) is 0 Å². The molecular formula is C11H13BBrN. The van der Waals surface area contributed by atoms with E-state index in [1.54, 1.807) is 0 Å². The second kappa shape index (κ2) is 4.69. The molecule has 1 aromatic rings. The first-order valence-electron chi connectivity index (χ1n) is 4.52. The molecule has 0 saturated heterocycles. The molecule has 1 rings (SSSR count). The van der Waals surface area contributed by atoms with E-state index in [1.165, 1.54) is 0 Å². The minimum Gasteiger partial charge on any atom is -0.374 e. The van der Waals surface area contributed by atoms with Gasteiger partial charge in [0.15, 0.2) is 0 Å². The Morgan fingerprint density at radius 3 is 2.71 bits per heavy atom. The maximum atomic E-state index is 5.79. The summed E-state index contributed by atoms with van der Waals surface area (Å²) in [6.07, 6.45) is 1.82. The van der Waals surface area contributed by atoms with Crippen molar-refractivity contribution in [3.8, 4) is 0 Å². The summed E-state index contributed by atoms with van der Waals surface area (Å²) in [5, 5.41) is 0. The molecule has 3 heteroatoms. The van der Waals surface area contributed by atoms with Crippen LogP contribution in [0.5, 0.6) is 0 Å². The number of hydrogen-bond donors (Lipinski definition) is 0. The molecule has 72 valence electrons. The number of hydrogen-bond acceptors (Lipinski definition) is 1. The topological polar surface area (TPSA) is 3.24 Å². The highest BCUT2D eigenvalue weighted by atomic mass is 79.9. The second-order valence-corrected chi connectivity index (χ2v) is 4.01. The van der Waals surface area contributed by atoms with Crippen LogP contribution in [0.1, 0.15) is 12.5 Å². The van der Waals surface area contributed by atoms with Crippen LogP contribution in [0, 0.1) is 0 Å². The van der Waals surface area contributed by atoms with Gasteiger partial charge >= 0.3 is 0 Å². The smallest absolute Gasteiger partial charge is 0.115 e. The molecule has 0 N–H and O–H groups in total. The highest BCUT2D eigenvalue weighted by Gasteiger charge is 2.06. The van der Waals surface area contributed by atoms with E-state index in [9.17, 15) is 0 Å². The van der Waals surface area contributed by atoms with E-state index in [0.717, 1.165) is 27.7 Å². The summed E-state index contributed by atoms with van der Waals surface area (Å²) in [4.78, 5) is 2.15. The summed E-state index contributed by atoms with van der Waals surface area (Å²) in [6, 6.07) is 3.95. The fraction of sp³-hybridized carbons (Fsp3) is 0.273. The van der Waals surface area contributed by atoms with Gasteiger partial charge in [-0.05, 0) is 18.6 Å². The molecule has 0 aliphatic carbocycles. The normalized spacial score (nSPS) is 9.93. The lowest BCUT2D eigenvalue weighted by Gasteiger charge is -2.20. The van der Waals surface area contributed by atoms with Crippen molar-refractivity contribution in [3.63, 3.8) is 0 Å².